The van der Waals surface area contributed by atoms with E-state index in [1.807, 2.05) is 73.6 Å². The van der Waals surface area contributed by atoms with Crippen LogP contribution in [0.5, 0.6) is 0 Å². The lowest BCUT2D eigenvalue weighted by Crippen LogP contribution is -2.19. The predicted octanol–water partition coefficient (Wildman–Crippen LogP) is 6.24. The average molecular weight is 512 g/mol. The number of H-pyrrole nitrogens is 1. The monoisotopic (exact) mass is 511 g/mol. The number of nitrogen functional groups attached to an aromatic ring is 1. The van der Waals surface area contributed by atoms with E-state index in [0.717, 1.165) is 28.6 Å². The largest absolute Gasteiger partial charge is 0.396 e. The Kier molecular flexibility index (Phi) is 7.30. The molecule has 4 aromatic rings. The number of aromatic nitrogens is 3. The van der Waals surface area contributed by atoms with Crippen LogP contribution in [-0.4, -0.2) is 35.3 Å². The molecule has 196 valence electrons. The van der Waals surface area contributed by atoms with Crippen LogP contribution in [0.1, 0.15) is 37.3 Å². The number of anilines is 8. The van der Waals surface area contributed by atoms with Crippen molar-refractivity contribution in [1.29, 1.82) is 0 Å². The molecule has 5 rings (SSSR count). The Morgan fingerprint density at radius 1 is 0.921 bits per heavy atom. The van der Waals surface area contributed by atoms with E-state index in [9.17, 15) is 4.79 Å². The summed E-state index contributed by atoms with van der Waals surface area (Å²) < 4.78 is 0. The second kappa shape index (κ2) is 11.1. The van der Waals surface area contributed by atoms with Gasteiger partial charge >= 0.3 is 6.03 Å². The third-order valence-corrected chi connectivity index (χ3v) is 6.63. The predicted molar refractivity (Wildman–Crippen MR) is 155 cm³/mol. The number of amides is 2. The molecule has 0 saturated heterocycles. The maximum Gasteiger partial charge on any atom is 0.323 e. The van der Waals surface area contributed by atoms with Gasteiger partial charge < -0.3 is 31.9 Å². The van der Waals surface area contributed by atoms with Crippen LogP contribution in [0.2, 0.25) is 0 Å². The zero-order valence-electron chi connectivity index (χ0n) is 21.6. The molecule has 2 heterocycles. The van der Waals surface area contributed by atoms with E-state index >= 15 is 0 Å². The Labute approximate surface area is 222 Å². The number of urea groups is 1. The molecule has 1 aliphatic carbocycles. The van der Waals surface area contributed by atoms with Gasteiger partial charge in [-0.3, -0.25) is 5.10 Å². The molecular formula is C28H33N9O. The second-order valence-corrected chi connectivity index (χ2v) is 9.70. The molecule has 1 saturated carbocycles. The van der Waals surface area contributed by atoms with E-state index in [4.69, 9.17) is 5.73 Å². The highest BCUT2D eigenvalue weighted by Gasteiger charge is 2.19. The van der Waals surface area contributed by atoms with Gasteiger partial charge in [-0.15, -0.1) is 0 Å². The van der Waals surface area contributed by atoms with Gasteiger partial charge in [-0.05, 0) is 55.3 Å². The lowest BCUT2D eigenvalue weighted by molar-refractivity contribution is 0.262. The van der Waals surface area contributed by atoms with Gasteiger partial charge in [-0.25, -0.2) is 9.78 Å². The molecule has 7 N–H and O–H groups in total. The van der Waals surface area contributed by atoms with E-state index in [0.29, 0.717) is 23.1 Å². The summed E-state index contributed by atoms with van der Waals surface area (Å²) in [7, 11) is 3.91. The molecule has 0 bridgehead atoms. The highest BCUT2D eigenvalue weighted by atomic mass is 16.2. The van der Waals surface area contributed by atoms with Crippen LogP contribution in [-0.2, 0) is 0 Å². The van der Waals surface area contributed by atoms with E-state index in [1.54, 1.807) is 6.20 Å². The maximum absolute atomic E-state index is 12.4. The molecule has 10 nitrogen and oxygen atoms in total. The van der Waals surface area contributed by atoms with Crippen molar-refractivity contribution in [3.8, 4) is 0 Å². The smallest absolute Gasteiger partial charge is 0.323 e. The summed E-state index contributed by atoms with van der Waals surface area (Å²) >= 11 is 0. The summed E-state index contributed by atoms with van der Waals surface area (Å²) in [5.74, 6) is 1.92. The van der Waals surface area contributed by atoms with Crippen LogP contribution < -0.4 is 31.9 Å². The fourth-order valence-electron chi connectivity index (χ4n) is 4.57. The van der Waals surface area contributed by atoms with Gasteiger partial charge in [0.2, 0.25) is 0 Å². The molecule has 0 radical (unpaired) electrons. The van der Waals surface area contributed by atoms with Gasteiger partial charge in [0.25, 0.3) is 0 Å². The number of carbonyl (C=O) groups excluding carboxylic acids is 1. The standard InChI is InChI=1S/C28H33N9O/c1-37(2)22-9-5-8-21(14-22)33-28(38)32-20-12-10-19(11-13-20)31-26-16-25(23(29)17-30-26)34-27-15-24(35-36-27)18-6-3-4-7-18/h5,8-18H,3-4,6-7,29H2,1-2H3,(H2,32,33,38)(H3,30,31,34,35,36). The summed E-state index contributed by atoms with van der Waals surface area (Å²) in [4.78, 5) is 18.8. The fourth-order valence-corrected chi connectivity index (χ4v) is 4.57. The van der Waals surface area contributed by atoms with Gasteiger partial charge in [-0.2, -0.15) is 5.10 Å². The number of hydrogen-bond donors (Lipinski definition) is 6. The number of hydrogen-bond acceptors (Lipinski definition) is 7. The molecule has 1 fully saturated rings. The third-order valence-electron chi connectivity index (χ3n) is 6.63. The van der Waals surface area contributed by atoms with Gasteiger partial charge in [0.1, 0.15) is 5.82 Å². The van der Waals surface area contributed by atoms with Gasteiger partial charge in [-0.1, -0.05) is 18.9 Å². The summed E-state index contributed by atoms with van der Waals surface area (Å²) in [6, 6.07) is 18.6. The van der Waals surface area contributed by atoms with E-state index in [2.05, 4.69) is 42.5 Å². The Balaban J connectivity index is 1.18. The van der Waals surface area contributed by atoms with Crippen molar-refractivity contribution < 1.29 is 4.79 Å². The minimum atomic E-state index is -0.313. The van der Waals surface area contributed by atoms with Crippen LogP contribution in [0, 0.1) is 0 Å². The Morgan fingerprint density at radius 2 is 1.66 bits per heavy atom. The molecule has 1 aliphatic rings. The molecule has 0 unspecified atom stereocenters. The van der Waals surface area contributed by atoms with Crippen LogP contribution in [0.15, 0.2) is 66.9 Å². The first-order valence-electron chi connectivity index (χ1n) is 12.7. The van der Waals surface area contributed by atoms with E-state index in [1.165, 1.54) is 31.4 Å². The lowest BCUT2D eigenvalue weighted by Gasteiger charge is -2.14. The SMILES string of the molecule is CN(C)c1cccc(NC(=O)Nc2ccc(Nc3cc(Nc4cc(C5CCCC5)[nH]n4)c(N)cn3)cc2)c1. The van der Waals surface area contributed by atoms with E-state index in [-0.39, 0.29) is 6.03 Å². The van der Waals surface area contributed by atoms with Crippen molar-refractivity contribution in [2.75, 3.05) is 46.0 Å². The summed E-state index contributed by atoms with van der Waals surface area (Å²) in [5.41, 5.74) is 11.8. The number of nitrogens with zero attached hydrogens (tertiary/aromatic N) is 3. The van der Waals surface area contributed by atoms with Gasteiger partial charge in [0, 0.05) is 60.6 Å². The molecule has 0 atom stereocenters. The molecule has 2 amide bonds. The Hall–Kier alpha value is -4.73. The number of nitrogens with one attached hydrogen (secondary N) is 5. The highest BCUT2D eigenvalue weighted by molar-refractivity contribution is 6.00. The van der Waals surface area contributed by atoms with Crippen molar-refractivity contribution >= 4 is 51.8 Å². The number of rotatable bonds is 8. The zero-order valence-corrected chi connectivity index (χ0v) is 21.6. The number of nitrogens with two attached hydrogens (primary N) is 1. The summed E-state index contributed by atoms with van der Waals surface area (Å²) in [5, 5.41) is 19.9. The van der Waals surface area contributed by atoms with Crippen molar-refractivity contribution in [1.82, 2.24) is 15.2 Å². The van der Waals surface area contributed by atoms with Crippen molar-refractivity contribution in [3.63, 3.8) is 0 Å². The molecule has 38 heavy (non-hydrogen) atoms. The number of aromatic amines is 1. The average Bonchev–Trinajstić information content (AvgIpc) is 3.60. The first-order valence-corrected chi connectivity index (χ1v) is 12.7. The lowest BCUT2D eigenvalue weighted by atomic mass is 10.0. The summed E-state index contributed by atoms with van der Waals surface area (Å²) in [6.07, 6.45) is 6.57. The number of carbonyl (C=O) groups is 1. The molecule has 2 aromatic heterocycles. The Morgan fingerprint density at radius 3 is 2.42 bits per heavy atom. The van der Waals surface area contributed by atoms with Crippen LogP contribution in [0.4, 0.5) is 50.6 Å². The van der Waals surface area contributed by atoms with Gasteiger partial charge in [0.15, 0.2) is 5.82 Å². The fraction of sp³-hybridized carbons (Fsp3) is 0.250. The molecule has 2 aromatic carbocycles. The van der Waals surface area contributed by atoms with Crippen LogP contribution in [0.25, 0.3) is 0 Å². The number of pyridine rings is 1. The first-order chi connectivity index (χ1) is 18.4. The van der Waals surface area contributed by atoms with Crippen molar-refractivity contribution in [2.45, 2.75) is 31.6 Å². The van der Waals surface area contributed by atoms with E-state index < -0.39 is 0 Å². The van der Waals surface area contributed by atoms with Crippen LogP contribution >= 0.6 is 0 Å². The molecule has 10 heteroatoms. The van der Waals surface area contributed by atoms with Gasteiger partial charge in [0.05, 0.1) is 17.6 Å². The molecule has 0 spiro atoms. The Bertz CT molecular complexity index is 1390. The topological polar surface area (TPSA) is 136 Å². The van der Waals surface area contributed by atoms with Crippen LogP contribution in [0.3, 0.4) is 0 Å². The molecule has 0 aliphatic heterocycles. The van der Waals surface area contributed by atoms with Crippen molar-refractivity contribution in [2.24, 2.45) is 0 Å². The minimum Gasteiger partial charge on any atom is -0.396 e. The third kappa shape index (κ3) is 6.15. The quantitative estimate of drug-likeness (QED) is 0.165. The first kappa shape index (κ1) is 24.9. The normalized spacial score (nSPS) is 13.2. The molecular weight excluding hydrogens is 478 g/mol. The number of benzene rings is 2. The minimum absolute atomic E-state index is 0.313. The van der Waals surface area contributed by atoms with Crippen molar-refractivity contribution in [3.05, 3.63) is 72.6 Å². The summed E-state index contributed by atoms with van der Waals surface area (Å²) in [6.45, 7) is 0. The zero-order chi connectivity index (χ0) is 26.5. The second-order valence-electron chi connectivity index (χ2n) is 9.70. The highest BCUT2D eigenvalue weighted by Crippen LogP contribution is 2.34. The maximum atomic E-state index is 12.4.